The van der Waals surface area contributed by atoms with Crippen LogP contribution in [0.2, 0.25) is 0 Å². The zero-order valence-electron chi connectivity index (χ0n) is 56.6. The first-order valence-electron chi connectivity index (χ1n) is 33.4. The number of carbonyl (C=O) groups is 9. The third-order valence-electron chi connectivity index (χ3n) is 15.4. The fraction of sp³-hybridized carbons (Fsp3) is 0.852. The molecule has 0 spiro atoms. The van der Waals surface area contributed by atoms with Crippen LogP contribution in [0.5, 0.6) is 0 Å². The lowest BCUT2D eigenvalue weighted by atomic mass is 9.98. The number of aliphatic hydroxyl groups excluding tert-OH is 6. The highest BCUT2D eigenvalue weighted by Gasteiger charge is 2.46. The Morgan fingerprint density at radius 3 is 0.816 bits per heavy atom. The lowest BCUT2D eigenvalue weighted by molar-refractivity contribution is -0.267. The van der Waals surface area contributed by atoms with Gasteiger partial charge in [-0.05, 0) is 57.8 Å². The van der Waals surface area contributed by atoms with Crippen molar-refractivity contribution in [2.45, 2.75) is 215 Å². The zero-order valence-corrected chi connectivity index (χ0v) is 56.6. The molecular formula is C61H110N10O27. The van der Waals surface area contributed by atoms with Crippen LogP contribution in [0.3, 0.4) is 0 Å². The van der Waals surface area contributed by atoms with Crippen LogP contribution in [0, 0.1) is 0 Å². The van der Waals surface area contributed by atoms with Gasteiger partial charge in [-0.3, -0.25) is 43.2 Å². The molecule has 0 aromatic rings. The topological polar surface area (TPSA) is 562 Å². The number of nitrogens with two attached hydrogens (primary N) is 4. The summed E-state index contributed by atoms with van der Waals surface area (Å²) in [7, 11) is 0. The number of amides is 6. The minimum absolute atomic E-state index is 0.0269. The van der Waals surface area contributed by atoms with E-state index in [1.165, 1.54) is 20.8 Å². The van der Waals surface area contributed by atoms with E-state index in [2.05, 4.69) is 31.9 Å². The molecule has 0 aromatic heterocycles. The summed E-state index contributed by atoms with van der Waals surface area (Å²) in [6, 6.07) is -3.16. The molecule has 15 atom stereocenters. The molecule has 0 saturated carbocycles. The summed E-state index contributed by atoms with van der Waals surface area (Å²) in [5, 5.41) is 78.2. The Morgan fingerprint density at radius 2 is 0.582 bits per heavy atom. The Hall–Kier alpha value is -5.53. The van der Waals surface area contributed by atoms with Crippen LogP contribution in [-0.4, -0.2) is 300 Å². The number of hydrogen-bond donors (Lipinski definition) is 16. The molecule has 20 N–H and O–H groups in total. The molecule has 3 rings (SSSR count). The Bertz CT molecular complexity index is 2110. The highest BCUT2D eigenvalue weighted by Crippen LogP contribution is 2.25. The first kappa shape index (κ1) is 86.7. The second kappa shape index (κ2) is 49.1. The van der Waals surface area contributed by atoms with Crippen LogP contribution in [0.4, 0.5) is 0 Å². The summed E-state index contributed by atoms with van der Waals surface area (Å²) < 4.78 is 65.8. The summed E-state index contributed by atoms with van der Waals surface area (Å²) in [4.78, 5) is 109. The van der Waals surface area contributed by atoms with Gasteiger partial charge in [-0.25, -0.2) is 0 Å². The van der Waals surface area contributed by atoms with Gasteiger partial charge in [0.15, 0.2) is 18.9 Å². The average molecular weight is 1420 g/mol. The van der Waals surface area contributed by atoms with Gasteiger partial charge < -0.3 is 142 Å². The van der Waals surface area contributed by atoms with E-state index in [0.717, 1.165) is 0 Å². The molecule has 37 nitrogen and oxygen atoms in total. The number of aliphatic hydroxyl groups is 6. The van der Waals surface area contributed by atoms with Crippen molar-refractivity contribution in [2.75, 3.05) is 119 Å². The van der Waals surface area contributed by atoms with Crippen molar-refractivity contribution in [3.8, 4) is 0 Å². The second-order valence-electron chi connectivity index (χ2n) is 24.1. The smallest absolute Gasteiger partial charge is 0.302 e. The lowest BCUT2D eigenvalue weighted by Crippen LogP contribution is -2.62. The fourth-order valence-electron chi connectivity index (χ4n) is 9.69. The van der Waals surface area contributed by atoms with Gasteiger partial charge >= 0.3 is 17.9 Å². The van der Waals surface area contributed by atoms with Crippen LogP contribution in [-0.2, 0) is 100.0 Å². The van der Waals surface area contributed by atoms with E-state index in [1.807, 2.05) is 0 Å². The highest BCUT2D eigenvalue weighted by atomic mass is 16.7. The summed E-state index contributed by atoms with van der Waals surface area (Å²) in [5.41, 5.74) is 23.3. The SMILES string of the molecule is CC(=O)OCC1OC(OCCCCC(=O)NCCCNC(=O)CCOCC(N)(COCCC(=O)NCCCNC(=O)CCCCOC2OC(COC(C)=O)C(O)C(O)C2N)COCCC(=O)NCCCNC(=O)CCCCOC2OC(COC(C)=O)C(O)C(O)C2N)C(N)C(O)C1O. The molecule has 3 fully saturated rings. The molecule has 0 radical (unpaired) electrons. The Morgan fingerprint density at radius 1 is 0.347 bits per heavy atom. The van der Waals surface area contributed by atoms with E-state index < -0.39 is 115 Å². The van der Waals surface area contributed by atoms with Crippen molar-refractivity contribution < 1.29 is 131 Å². The number of esters is 3. The molecule has 37 heteroatoms. The van der Waals surface area contributed by atoms with Gasteiger partial charge in [0, 0.05) is 118 Å². The van der Waals surface area contributed by atoms with Crippen molar-refractivity contribution in [2.24, 2.45) is 22.9 Å². The third-order valence-corrected chi connectivity index (χ3v) is 15.4. The number of rotatable bonds is 51. The predicted molar refractivity (Wildman–Crippen MR) is 340 cm³/mol. The van der Waals surface area contributed by atoms with Crippen molar-refractivity contribution in [1.29, 1.82) is 0 Å². The molecule has 15 unspecified atom stereocenters. The van der Waals surface area contributed by atoms with Crippen LogP contribution < -0.4 is 54.8 Å². The number of hydrogen-bond acceptors (Lipinski definition) is 31. The predicted octanol–water partition coefficient (Wildman–Crippen LogP) is -6.66. The lowest BCUT2D eigenvalue weighted by Gasteiger charge is -2.40. The summed E-state index contributed by atoms with van der Waals surface area (Å²) in [5.74, 6) is -3.34. The molecule has 3 aliphatic rings. The summed E-state index contributed by atoms with van der Waals surface area (Å²) in [6.07, 6.45) is -10.0. The molecule has 98 heavy (non-hydrogen) atoms. The molecule has 3 aliphatic heterocycles. The number of ether oxygens (including phenoxy) is 12. The Kier molecular flexibility index (Phi) is 43.4. The number of nitrogens with one attached hydrogen (secondary N) is 6. The molecule has 0 aromatic carbocycles. The van der Waals surface area contributed by atoms with E-state index in [1.54, 1.807) is 0 Å². The molecule has 3 heterocycles. The van der Waals surface area contributed by atoms with E-state index >= 15 is 0 Å². The standard InChI is InChI=1S/C61H110N10O27/c1-37(72)93-31-40-52(81)55(84)49(62)58(96-40)90-25-7-4-13-43(75)66-19-10-22-69-46(78)16-28-87-34-61(65,35-88-29-17-47(79)70-23-11-20-67-44(76)14-5-8-26-91-59-50(63)56(85)53(82)41(97-59)32-94-38(2)73)36-89-30-18-48(80)71-24-12-21-68-45(77)15-6-9-27-92-60-51(64)57(86)54(83)42(98-60)33-95-39(3)74/h40-42,49-60,81-86H,4-36,62-65H2,1-3H3,(H,66,75)(H,67,76)(H,68,77)(H,69,78)(H,70,79)(H,71,80). The minimum atomic E-state index is -1.38. The van der Waals surface area contributed by atoms with E-state index in [4.69, 9.17) is 79.8 Å². The van der Waals surface area contributed by atoms with Gasteiger partial charge in [0.1, 0.15) is 74.8 Å². The van der Waals surface area contributed by atoms with Crippen molar-refractivity contribution in [3.63, 3.8) is 0 Å². The normalized spacial score (nSPS) is 26.0. The van der Waals surface area contributed by atoms with Crippen LogP contribution >= 0.6 is 0 Å². The average Bonchev–Trinajstić information content (AvgIpc) is 0.834. The first-order chi connectivity index (χ1) is 46.7. The Balaban J connectivity index is 1.32. The fourth-order valence-corrected chi connectivity index (χ4v) is 9.69. The number of carbonyl (C=O) groups excluding carboxylic acids is 9. The molecule has 0 aliphatic carbocycles. The third kappa shape index (κ3) is 36.2. The van der Waals surface area contributed by atoms with Crippen LogP contribution in [0.15, 0.2) is 0 Å². The van der Waals surface area contributed by atoms with Crippen molar-refractivity contribution in [3.05, 3.63) is 0 Å². The summed E-state index contributed by atoms with van der Waals surface area (Å²) in [6.45, 7) is 4.33. The maximum atomic E-state index is 12.7. The van der Waals surface area contributed by atoms with Gasteiger partial charge in [-0.1, -0.05) is 0 Å². The highest BCUT2D eigenvalue weighted by molar-refractivity contribution is 5.78. The van der Waals surface area contributed by atoms with Gasteiger partial charge in [0.2, 0.25) is 35.4 Å². The second-order valence-corrected chi connectivity index (χ2v) is 24.1. The molecule has 566 valence electrons. The van der Waals surface area contributed by atoms with Crippen molar-refractivity contribution >= 4 is 53.4 Å². The first-order valence-corrected chi connectivity index (χ1v) is 33.4. The van der Waals surface area contributed by atoms with Crippen molar-refractivity contribution in [1.82, 2.24) is 31.9 Å². The van der Waals surface area contributed by atoms with Gasteiger partial charge in [0.25, 0.3) is 0 Å². The van der Waals surface area contributed by atoms with E-state index in [-0.39, 0.29) is 173 Å². The van der Waals surface area contributed by atoms with Gasteiger partial charge in [-0.2, -0.15) is 0 Å². The van der Waals surface area contributed by atoms with E-state index in [9.17, 15) is 73.8 Å². The van der Waals surface area contributed by atoms with E-state index in [0.29, 0.717) is 77.4 Å². The Labute approximate surface area is 570 Å². The van der Waals surface area contributed by atoms with Gasteiger partial charge in [-0.15, -0.1) is 0 Å². The minimum Gasteiger partial charge on any atom is -0.463 e. The van der Waals surface area contributed by atoms with Crippen LogP contribution in [0.25, 0.3) is 0 Å². The molecule has 3 saturated heterocycles. The maximum absolute atomic E-state index is 12.7. The largest absolute Gasteiger partial charge is 0.463 e. The zero-order chi connectivity index (χ0) is 72.4. The quantitative estimate of drug-likeness (QED) is 0.0153. The molecular weight excluding hydrogens is 1300 g/mol. The summed E-state index contributed by atoms with van der Waals surface area (Å²) >= 11 is 0. The molecule has 0 bridgehead atoms. The van der Waals surface area contributed by atoms with Crippen LogP contribution in [0.1, 0.15) is 117 Å². The molecule has 6 amide bonds. The maximum Gasteiger partial charge on any atom is 0.302 e. The monoisotopic (exact) mass is 1410 g/mol. The van der Waals surface area contributed by atoms with Gasteiger partial charge in [0.05, 0.1) is 63.3 Å². The number of unbranched alkanes of at least 4 members (excludes halogenated alkanes) is 3.